The smallest absolute Gasteiger partial charge is 0.307 e. The molecule has 1 N–H and O–H groups in total. The van der Waals surface area contributed by atoms with Gasteiger partial charge < -0.3 is 14.9 Å². The number of nitrogens with zero attached hydrogens (tertiary/aromatic N) is 4. The molecule has 2 aliphatic rings. The monoisotopic (exact) mass is 520 g/mol. The lowest BCUT2D eigenvalue weighted by molar-refractivity contribution is -0.136. The standard InChI is InChI=1S/C30H34F2N4O2/c1-18-24(15-26(37)38)28(35-11-8-30(3,4)9-12-35)27(19(2)34-18)21-5-6-22-17-36(10-7-20(22)13-21)29-25(32)14-23(31)16-33-29/h5-6,13-14,16H,7-12,15,17H2,1-4H3,(H,37,38). The molecule has 4 heterocycles. The molecule has 1 aromatic carbocycles. The van der Waals surface area contributed by atoms with Gasteiger partial charge in [0.25, 0.3) is 0 Å². The van der Waals surface area contributed by atoms with Crippen molar-refractivity contribution in [2.24, 2.45) is 5.41 Å². The van der Waals surface area contributed by atoms with Crippen LogP contribution in [-0.2, 0) is 24.2 Å². The summed E-state index contributed by atoms with van der Waals surface area (Å²) in [5, 5.41) is 9.74. The van der Waals surface area contributed by atoms with Crippen LogP contribution >= 0.6 is 0 Å². The highest BCUT2D eigenvalue weighted by atomic mass is 19.1. The second kappa shape index (κ2) is 9.97. The number of anilines is 2. The van der Waals surface area contributed by atoms with Crippen molar-refractivity contribution in [1.82, 2.24) is 9.97 Å². The molecule has 0 aliphatic carbocycles. The van der Waals surface area contributed by atoms with Gasteiger partial charge in [0.2, 0.25) is 0 Å². The van der Waals surface area contributed by atoms with E-state index in [9.17, 15) is 18.7 Å². The summed E-state index contributed by atoms with van der Waals surface area (Å²) < 4.78 is 27.7. The van der Waals surface area contributed by atoms with Gasteiger partial charge >= 0.3 is 5.97 Å². The Morgan fingerprint density at radius 2 is 1.76 bits per heavy atom. The van der Waals surface area contributed by atoms with Gasteiger partial charge in [-0.1, -0.05) is 32.0 Å². The van der Waals surface area contributed by atoms with Crippen LogP contribution in [0.25, 0.3) is 11.1 Å². The number of carbonyl (C=O) groups is 1. The second-order valence-electron chi connectivity index (χ2n) is 11.3. The fourth-order valence-electron chi connectivity index (χ4n) is 5.79. The van der Waals surface area contributed by atoms with Crippen molar-refractivity contribution in [3.8, 4) is 11.1 Å². The first kappa shape index (κ1) is 26.1. The van der Waals surface area contributed by atoms with Crippen LogP contribution in [-0.4, -0.2) is 40.7 Å². The molecule has 3 aromatic rings. The van der Waals surface area contributed by atoms with Crippen molar-refractivity contribution in [2.45, 2.75) is 59.9 Å². The summed E-state index contributed by atoms with van der Waals surface area (Å²) in [5.74, 6) is -2.05. The third-order valence-corrected chi connectivity index (χ3v) is 8.01. The third kappa shape index (κ3) is 5.08. The maximum Gasteiger partial charge on any atom is 0.307 e. The van der Waals surface area contributed by atoms with Crippen molar-refractivity contribution >= 4 is 17.5 Å². The Morgan fingerprint density at radius 3 is 2.45 bits per heavy atom. The second-order valence-corrected chi connectivity index (χ2v) is 11.3. The average Bonchev–Trinajstić information content (AvgIpc) is 2.85. The summed E-state index contributed by atoms with van der Waals surface area (Å²) >= 11 is 0. The van der Waals surface area contributed by atoms with Crippen LogP contribution in [0.3, 0.4) is 0 Å². The zero-order chi connectivity index (χ0) is 27.2. The minimum absolute atomic E-state index is 0.0720. The number of hydrogen-bond acceptors (Lipinski definition) is 5. The number of halogens is 2. The number of aryl methyl sites for hydroxylation is 2. The SMILES string of the molecule is Cc1nc(C)c(-c2ccc3c(c2)CCN(c2ncc(F)cc2F)C3)c(N2CCC(C)(C)CC2)c1CC(=O)O. The number of benzene rings is 1. The molecule has 8 heteroatoms. The van der Waals surface area contributed by atoms with Crippen LogP contribution < -0.4 is 9.80 Å². The molecule has 0 unspecified atom stereocenters. The lowest BCUT2D eigenvalue weighted by atomic mass is 9.82. The fourth-order valence-corrected chi connectivity index (χ4v) is 5.79. The number of carboxylic acid groups (broad SMARTS) is 1. The number of carboxylic acids is 1. The van der Waals surface area contributed by atoms with Crippen molar-refractivity contribution in [1.29, 1.82) is 0 Å². The van der Waals surface area contributed by atoms with E-state index in [1.807, 2.05) is 18.7 Å². The number of pyridine rings is 2. The zero-order valence-electron chi connectivity index (χ0n) is 22.4. The lowest BCUT2D eigenvalue weighted by Crippen LogP contribution is -2.38. The predicted molar refractivity (Wildman–Crippen MR) is 145 cm³/mol. The number of hydrogen-bond donors (Lipinski definition) is 1. The largest absolute Gasteiger partial charge is 0.481 e. The molecular formula is C30H34F2N4O2. The van der Waals surface area contributed by atoms with E-state index in [4.69, 9.17) is 4.98 Å². The van der Waals surface area contributed by atoms with Crippen molar-refractivity contribution < 1.29 is 18.7 Å². The van der Waals surface area contributed by atoms with E-state index in [1.165, 1.54) is 0 Å². The van der Waals surface area contributed by atoms with E-state index in [1.54, 1.807) is 0 Å². The van der Waals surface area contributed by atoms with E-state index in [-0.39, 0.29) is 17.7 Å². The first-order valence-corrected chi connectivity index (χ1v) is 13.2. The van der Waals surface area contributed by atoms with Crippen LogP contribution in [0.2, 0.25) is 0 Å². The van der Waals surface area contributed by atoms with Crippen LogP contribution in [0.4, 0.5) is 20.3 Å². The summed E-state index contributed by atoms with van der Waals surface area (Å²) in [5.41, 5.74) is 7.90. The van der Waals surface area contributed by atoms with Gasteiger partial charge in [-0.2, -0.15) is 0 Å². The number of piperidine rings is 1. The highest BCUT2D eigenvalue weighted by molar-refractivity contribution is 5.86. The lowest BCUT2D eigenvalue weighted by Gasteiger charge is -2.40. The average molecular weight is 521 g/mol. The first-order valence-electron chi connectivity index (χ1n) is 13.2. The molecule has 200 valence electrons. The normalized spacial score (nSPS) is 16.9. The third-order valence-electron chi connectivity index (χ3n) is 8.01. The van der Waals surface area contributed by atoms with E-state index in [2.05, 4.69) is 41.9 Å². The summed E-state index contributed by atoms with van der Waals surface area (Å²) in [6.45, 7) is 11.2. The van der Waals surface area contributed by atoms with Gasteiger partial charge in [-0.15, -0.1) is 0 Å². The molecular weight excluding hydrogens is 486 g/mol. The summed E-state index contributed by atoms with van der Waals surface area (Å²) in [4.78, 5) is 24.8. The molecule has 2 aromatic heterocycles. The van der Waals surface area contributed by atoms with Gasteiger partial charge in [-0.25, -0.2) is 13.8 Å². The Labute approximate surface area is 222 Å². The molecule has 0 amide bonds. The molecule has 0 atom stereocenters. The minimum Gasteiger partial charge on any atom is -0.481 e. The van der Waals surface area contributed by atoms with E-state index >= 15 is 0 Å². The van der Waals surface area contributed by atoms with Gasteiger partial charge in [-0.3, -0.25) is 9.78 Å². The molecule has 1 fully saturated rings. The molecule has 1 saturated heterocycles. The van der Waals surface area contributed by atoms with Gasteiger partial charge in [0.05, 0.1) is 18.3 Å². The zero-order valence-corrected chi connectivity index (χ0v) is 22.4. The number of aromatic nitrogens is 2. The quantitative estimate of drug-likeness (QED) is 0.455. The van der Waals surface area contributed by atoms with Crippen molar-refractivity contribution in [2.75, 3.05) is 29.4 Å². The van der Waals surface area contributed by atoms with E-state index in [0.29, 0.717) is 19.5 Å². The fraction of sp³-hybridized carbons (Fsp3) is 0.433. The van der Waals surface area contributed by atoms with Gasteiger partial charge in [-0.05, 0) is 55.2 Å². The molecule has 0 spiro atoms. The maximum atomic E-state index is 14.4. The number of rotatable bonds is 5. The van der Waals surface area contributed by atoms with Crippen LogP contribution in [0.1, 0.15) is 54.8 Å². The van der Waals surface area contributed by atoms with Crippen LogP contribution in [0.5, 0.6) is 0 Å². The molecule has 0 bridgehead atoms. The topological polar surface area (TPSA) is 69.6 Å². The van der Waals surface area contributed by atoms with Gasteiger partial charge in [0.15, 0.2) is 11.6 Å². The Hall–Kier alpha value is -3.55. The van der Waals surface area contributed by atoms with Gasteiger partial charge in [0, 0.05) is 54.8 Å². The molecule has 38 heavy (non-hydrogen) atoms. The van der Waals surface area contributed by atoms with Crippen molar-refractivity contribution in [3.63, 3.8) is 0 Å². The summed E-state index contributed by atoms with van der Waals surface area (Å²) in [6.07, 6.45) is 3.73. The predicted octanol–water partition coefficient (Wildman–Crippen LogP) is 5.85. The minimum atomic E-state index is -0.865. The van der Waals surface area contributed by atoms with Gasteiger partial charge in [0.1, 0.15) is 5.82 Å². The molecule has 5 rings (SSSR count). The molecule has 2 aliphatic heterocycles. The highest BCUT2D eigenvalue weighted by Crippen LogP contribution is 2.42. The number of fused-ring (bicyclic) bond motifs is 1. The Morgan fingerprint density at radius 1 is 1.03 bits per heavy atom. The Bertz CT molecular complexity index is 1400. The Balaban J connectivity index is 1.55. The summed E-state index contributed by atoms with van der Waals surface area (Å²) in [7, 11) is 0. The van der Waals surface area contributed by atoms with E-state index in [0.717, 1.165) is 83.1 Å². The highest BCUT2D eigenvalue weighted by Gasteiger charge is 2.31. The summed E-state index contributed by atoms with van der Waals surface area (Å²) in [6, 6.07) is 7.14. The van der Waals surface area contributed by atoms with Crippen molar-refractivity contribution in [3.05, 3.63) is 70.2 Å². The van der Waals surface area contributed by atoms with Crippen LogP contribution in [0.15, 0.2) is 30.5 Å². The van der Waals surface area contributed by atoms with E-state index < -0.39 is 17.6 Å². The Kier molecular flexibility index (Phi) is 6.84. The molecule has 6 nitrogen and oxygen atoms in total. The van der Waals surface area contributed by atoms with Crippen LogP contribution in [0, 0.1) is 30.9 Å². The molecule has 0 radical (unpaired) electrons. The first-order chi connectivity index (χ1) is 18.0. The maximum absolute atomic E-state index is 14.4. The number of aliphatic carboxylic acids is 1. The molecule has 0 saturated carbocycles.